The summed E-state index contributed by atoms with van der Waals surface area (Å²) in [4.78, 5) is 16.4. The van der Waals surface area contributed by atoms with Crippen LogP contribution >= 0.6 is 0 Å². The highest BCUT2D eigenvalue weighted by Crippen LogP contribution is 2.18. The number of hydrogen-bond acceptors (Lipinski definition) is 5. The number of carbonyl (C=O) groups excluding carboxylic acids is 1. The summed E-state index contributed by atoms with van der Waals surface area (Å²) in [6.45, 7) is 5.15. The van der Waals surface area contributed by atoms with E-state index in [0.29, 0.717) is 50.5 Å². The van der Waals surface area contributed by atoms with Crippen molar-refractivity contribution in [2.45, 2.75) is 19.6 Å². The van der Waals surface area contributed by atoms with Crippen LogP contribution in [0, 0.1) is 12.7 Å². The molecule has 1 N–H and O–H groups in total. The highest BCUT2D eigenvalue weighted by Gasteiger charge is 2.24. The van der Waals surface area contributed by atoms with Gasteiger partial charge < -0.3 is 19.5 Å². The normalized spacial score (nSPS) is 15.8. The van der Waals surface area contributed by atoms with Crippen LogP contribution in [0.15, 0.2) is 42.5 Å². The number of β-amino-alcohol motifs (C(OH)–C–C–N with tert-alkyl or cyclic N) is 1. The van der Waals surface area contributed by atoms with Crippen molar-refractivity contribution in [3.05, 3.63) is 65.0 Å². The van der Waals surface area contributed by atoms with Crippen molar-refractivity contribution >= 4 is 5.91 Å². The number of para-hydroxylation sites is 1. The number of amides is 1. The number of aliphatic hydroxyl groups excluding tert-OH is 1. The zero-order chi connectivity index (χ0) is 21.5. The smallest absolute Gasteiger partial charge is 0.254 e. The molecule has 1 atom stereocenters. The zero-order valence-electron chi connectivity index (χ0n) is 17.5. The molecular weight excluding hydrogens is 387 g/mol. The summed E-state index contributed by atoms with van der Waals surface area (Å²) < 4.78 is 24.7. The third-order valence-electron chi connectivity index (χ3n) is 5.31. The summed E-state index contributed by atoms with van der Waals surface area (Å²) in [5, 5.41) is 10.3. The van der Waals surface area contributed by atoms with Crippen LogP contribution in [0.4, 0.5) is 4.39 Å². The summed E-state index contributed by atoms with van der Waals surface area (Å²) in [5.74, 6) is 0.242. The van der Waals surface area contributed by atoms with Gasteiger partial charge in [0.25, 0.3) is 5.91 Å². The Kier molecular flexibility index (Phi) is 7.79. The van der Waals surface area contributed by atoms with Gasteiger partial charge >= 0.3 is 0 Å². The molecule has 6 nitrogen and oxygen atoms in total. The lowest BCUT2D eigenvalue weighted by Gasteiger charge is -2.35. The first-order chi connectivity index (χ1) is 14.5. The van der Waals surface area contributed by atoms with Crippen molar-refractivity contribution in [2.24, 2.45) is 0 Å². The molecule has 2 aromatic rings. The van der Waals surface area contributed by atoms with E-state index >= 15 is 0 Å². The van der Waals surface area contributed by atoms with Crippen molar-refractivity contribution in [3.8, 4) is 5.75 Å². The van der Waals surface area contributed by atoms with E-state index in [0.717, 1.165) is 11.3 Å². The van der Waals surface area contributed by atoms with Gasteiger partial charge in [0.15, 0.2) is 0 Å². The first-order valence-corrected chi connectivity index (χ1v) is 10.1. The van der Waals surface area contributed by atoms with E-state index in [-0.39, 0.29) is 18.3 Å². The predicted molar refractivity (Wildman–Crippen MR) is 112 cm³/mol. The first kappa shape index (κ1) is 22.2. The molecule has 1 aliphatic rings. The molecule has 0 aliphatic carbocycles. The number of halogens is 1. The molecule has 0 spiro atoms. The van der Waals surface area contributed by atoms with Crippen LogP contribution in [0.5, 0.6) is 5.75 Å². The van der Waals surface area contributed by atoms with Gasteiger partial charge in [-0.15, -0.1) is 0 Å². The Morgan fingerprint density at radius 1 is 1.17 bits per heavy atom. The fraction of sp³-hybridized carbons (Fsp3) is 0.435. The molecule has 3 rings (SSSR count). The number of aryl methyl sites for hydroxylation is 1. The molecule has 0 aromatic heterocycles. The Morgan fingerprint density at radius 2 is 1.90 bits per heavy atom. The number of benzene rings is 2. The number of aliphatic hydroxyl groups is 1. The fourth-order valence-corrected chi connectivity index (χ4v) is 3.52. The monoisotopic (exact) mass is 416 g/mol. The van der Waals surface area contributed by atoms with E-state index < -0.39 is 6.10 Å². The standard InChI is InChI=1S/C23H29FN2O4/c1-17-7-8-18(13-21(17)24)23(28)26-11-9-25(10-12-26)14-20(27)16-30-15-19-5-3-4-6-22(19)29-2/h3-8,13,20,27H,9-12,14-16H2,1-2H3. The Labute approximate surface area is 176 Å². The maximum atomic E-state index is 13.7. The van der Waals surface area contributed by atoms with Crippen LogP contribution in [-0.4, -0.2) is 73.4 Å². The lowest BCUT2D eigenvalue weighted by atomic mass is 10.1. The van der Waals surface area contributed by atoms with Gasteiger partial charge in [0.05, 0.1) is 26.4 Å². The van der Waals surface area contributed by atoms with Crippen molar-refractivity contribution < 1.29 is 23.8 Å². The summed E-state index contributed by atoms with van der Waals surface area (Å²) in [6, 6.07) is 12.2. The average Bonchev–Trinajstić information content (AvgIpc) is 2.76. The Morgan fingerprint density at radius 3 is 2.60 bits per heavy atom. The van der Waals surface area contributed by atoms with Crippen LogP contribution in [0.3, 0.4) is 0 Å². The maximum Gasteiger partial charge on any atom is 0.254 e. The second-order valence-corrected chi connectivity index (χ2v) is 7.54. The van der Waals surface area contributed by atoms with Crippen LogP contribution in [-0.2, 0) is 11.3 Å². The number of carbonyl (C=O) groups is 1. The summed E-state index contributed by atoms with van der Waals surface area (Å²) in [5.41, 5.74) is 1.83. The summed E-state index contributed by atoms with van der Waals surface area (Å²) >= 11 is 0. The molecule has 1 fully saturated rings. The molecule has 162 valence electrons. The number of hydrogen-bond donors (Lipinski definition) is 1. The van der Waals surface area contributed by atoms with Crippen molar-refractivity contribution in [3.63, 3.8) is 0 Å². The third-order valence-corrected chi connectivity index (χ3v) is 5.31. The number of ether oxygens (including phenoxy) is 2. The number of nitrogens with zero attached hydrogens (tertiary/aromatic N) is 2. The number of rotatable bonds is 8. The molecular formula is C23H29FN2O4. The van der Waals surface area contributed by atoms with Gasteiger partial charge in [0, 0.05) is 43.9 Å². The second-order valence-electron chi connectivity index (χ2n) is 7.54. The van der Waals surface area contributed by atoms with Gasteiger partial charge in [-0.05, 0) is 30.7 Å². The number of methoxy groups -OCH3 is 1. The largest absolute Gasteiger partial charge is 0.496 e. The molecule has 1 saturated heterocycles. The Balaban J connectivity index is 1.40. The Bertz CT molecular complexity index is 853. The van der Waals surface area contributed by atoms with Gasteiger partial charge in [0.2, 0.25) is 0 Å². The fourth-order valence-electron chi connectivity index (χ4n) is 3.52. The van der Waals surface area contributed by atoms with E-state index in [1.807, 2.05) is 24.3 Å². The quantitative estimate of drug-likeness (QED) is 0.716. The lowest BCUT2D eigenvalue weighted by molar-refractivity contribution is 0.00166. The minimum atomic E-state index is -0.617. The number of piperazine rings is 1. The molecule has 0 bridgehead atoms. The van der Waals surface area contributed by atoms with E-state index in [1.54, 1.807) is 31.1 Å². The SMILES string of the molecule is COc1ccccc1COCC(O)CN1CCN(C(=O)c2ccc(C)c(F)c2)CC1. The Hall–Kier alpha value is -2.48. The van der Waals surface area contributed by atoms with E-state index in [1.165, 1.54) is 6.07 Å². The van der Waals surface area contributed by atoms with E-state index in [9.17, 15) is 14.3 Å². The summed E-state index contributed by atoms with van der Waals surface area (Å²) in [6.07, 6.45) is -0.617. The van der Waals surface area contributed by atoms with Gasteiger partial charge in [-0.3, -0.25) is 9.69 Å². The van der Waals surface area contributed by atoms with Gasteiger partial charge in [0.1, 0.15) is 11.6 Å². The molecule has 0 radical (unpaired) electrons. The van der Waals surface area contributed by atoms with Crippen LogP contribution in [0.2, 0.25) is 0 Å². The third kappa shape index (κ3) is 5.78. The maximum absolute atomic E-state index is 13.7. The topological polar surface area (TPSA) is 62.2 Å². The highest BCUT2D eigenvalue weighted by molar-refractivity contribution is 5.94. The first-order valence-electron chi connectivity index (χ1n) is 10.1. The molecule has 2 aromatic carbocycles. The highest BCUT2D eigenvalue weighted by atomic mass is 19.1. The molecule has 1 aliphatic heterocycles. The van der Waals surface area contributed by atoms with Crippen molar-refractivity contribution in [1.29, 1.82) is 0 Å². The molecule has 1 heterocycles. The van der Waals surface area contributed by atoms with Crippen molar-refractivity contribution in [1.82, 2.24) is 9.80 Å². The molecule has 0 saturated carbocycles. The molecule has 1 amide bonds. The van der Waals surface area contributed by atoms with Crippen LogP contribution < -0.4 is 4.74 Å². The average molecular weight is 416 g/mol. The lowest BCUT2D eigenvalue weighted by Crippen LogP contribution is -2.50. The van der Waals surface area contributed by atoms with Gasteiger partial charge in [-0.2, -0.15) is 0 Å². The zero-order valence-corrected chi connectivity index (χ0v) is 17.5. The van der Waals surface area contributed by atoms with E-state index in [4.69, 9.17) is 9.47 Å². The van der Waals surface area contributed by atoms with E-state index in [2.05, 4.69) is 4.90 Å². The minimum absolute atomic E-state index is 0.158. The predicted octanol–water partition coefficient (Wildman–Crippen LogP) is 2.48. The van der Waals surface area contributed by atoms with Crippen LogP contribution in [0.25, 0.3) is 0 Å². The minimum Gasteiger partial charge on any atom is -0.496 e. The van der Waals surface area contributed by atoms with Crippen molar-refractivity contribution in [2.75, 3.05) is 46.4 Å². The van der Waals surface area contributed by atoms with Gasteiger partial charge in [-0.1, -0.05) is 24.3 Å². The molecule has 7 heteroatoms. The molecule has 1 unspecified atom stereocenters. The second kappa shape index (κ2) is 10.5. The summed E-state index contributed by atoms with van der Waals surface area (Å²) in [7, 11) is 1.62. The molecule has 30 heavy (non-hydrogen) atoms. The van der Waals surface area contributed by atoms with Gasteiger partial charge in [-0.25, -0.2) is 4.39 Å². The van der Waals surface area contributed by atoms with Crippen LogP contribution in [0.1, 0.15) is 21.5 Å².